The van der Waals surface area contributed by atoms with E-state index in [-0.39, 0.29) is 11.3 Å². The molecule has 0 bridgehead atoms. The number of phenolic OH excluding ortho intramolecular Hbond substituents is 1. The predicted octanol–water partition coefficient (Wildman–Crippen LogP) is 4.18. The minimum absolute atomic E-state index is 0.0710. The molecule has 0 aliphatic rings. The van der Waals surface area contributed by atoms with Gasteiger partial charge in [-0.15, -0.1) is 0 Å². The van der Waals surface area contributed by atoms with E-state index in [0.717, 1.165) is 22.6 Å². The van der Waals surface area contributed by atoms with Gasteiger partial charge in [0.15, 0.2) is 0 Å². The van der Waals surface area contributed by atoms with Crippen molar-refractivity contribution in [1.82, 2.24) is 9.99 Å². The fraction of sp³-hybridized carbons (Fsp3) is 0.182. The van der Waals surface area contributed by atoms with Crippen LogP contribution in [0.25, 0.3) is 5.69 Å². The van der Waals surface area contributed by atoms with Crippen LogP contribution in [0.3, 0.4) is 0 Å². The molecule has 0 saturated carbocycles. The number of nitrogens with one attached hydrogen (secondary N) is 1. The van der Waals surface area contributed by atoms with E-state index in [0.29, 0.717) is 0 Å². The van der Waals surface area contributed by atoms with Gasteiger partial charge < -0.3 is 9.67 Å². The van der Waals surface area contributed by atoms with E-state index in [1.807, 2.05) is 19.9 Å². The van der Waals surface area contributed by atoms with Crippen LogP contribution < -0.4 is 5.43 Å². The Morgan fingerprint density at radius 1 is 1.07 bits per heavy atom. The Balaban J connectivity index is 1.85. The summed E-state index contributed by atoms with van der Waals surface area (Å²) in [6, 6.07) is 14.7. The van der Waals surface area contributed by atoms with Gasteiger partial charge in [0, 0.05) is 22.6 Å². The molecule has 0 saturated heterocycles. The minimum atomic E-state index is -0.451. The van der Waals surface area contributed by atoms with Gasteiger partial charge in [0.05, 0.1) is 11.8 Å². The van der Waals surface area contributed by atoms with Crippen LogP contribution in [0.1, 0.15) is 38.4 Å². The van der Waals surface area contributed by atoms with Crippen LogP contribution in [0.5, 0.6) is 5.75 Å². The summed E-state index contributed by atoms with van der Waals surface area (Å²) in [5.41, 5.74) is 9.33. The van der Waals surface area contributed by atoms with Gasteiger partial charge in [-0.2, -0.15) is 5.10 Å². The number of hydrazone groups is 1. The van der Waals surface area contributed by atoms with Crippen molar-refractivity contribution in [1.29, 1.82) is 0 Å². The molecular weight excluding hydrogens is 338 g/mol. The maximum atomic E-state index is 12.1. The Bertz CT molecular complexity index is 1030. The summed E-state index contributed by atoms with van der Waals surface area (Å²) in [5, 5.41) is 13.8. The van der Waals surface area contributed by atoms with Crippen molar-refractivity contribution in [2.75, 3.05) is 0 Å². The highest BCUT2D eigenvalue weighted by atomic mass is 16.3. The molecule has 3 aromatic rings. The lowest BCUT2D eigenvalue weighted by atomic mass is 10.1. The van der Waals surface area contributed by atoms with Gasteiger partial charge in [0.25, 0.3) is 5.91 Å². The third-order valence-corrected chi connectivity index (χ3v) is 4.81. The molecule has 0 spiro atoms. The molecule has 27 heavy (non-hydrogen) atoms. The topological polar surface area (TPSA) is 66.6 Å². The number of aromatic nitrogens is 1. The molecule has 3 rings (SSSR count). The summed E-state index contributed by atoms with van der Waals surface area (Å²) < 4.78 is 2.19. The largest absolute Gasteiger partial charge is 0.507 e. The molecule has 2 N–H and O–H groups in total. The first kappa shape index (κ1) is 18.5. The number of aromatic hydroxyl groups is 1. The number of aryl methyl sites for hydroxylation is 2. The second kappa shape index (κ2) is 7.50. The number of para-hydroxylation sites is 1. The number of benzene rings is 2. The molecule has 0 fully saturated rings. The molecule has 1 aromatic heterocycles. The van der Waals surface area contributed by atoms with Gasteiger partial charge >= 0.3 is 0 Å². The smallest absolute Gasteiger partial charge is 0.275 e. The van der Waals surface area contributed by atoms with Crippen LogP contribution in [-0.2, 0) is 0 Å². The van der Waals surface area contributed by atoms with Crippen molar-refractivity contribution in [3.05, 3.63) is 82.2 Å². The second-order valence-electron chi connectivity index (χ2n) is 6.60. The Labute approximate surface area is 159 Å². The van der Waals surface area contributed by atoms with Crippen LogP contribution in [0, 0.1) is 27.7 Å². The molecule has 2 aromatic carbocycles. The molecule has 1 amide bonds. The Kier molecular flexibility index (Phi) is 5.12. The molecule has 5 nitrogen and oxygen atoms in total. The first-order valence-electron chi connectivity index (χ1n) is 8.77. The normalized spacial score (nSPS) is 11.1. The number of hydrogen-bond acceptors (Lipinski definition) is 3. The van der Waals surface area contributed by atoms with Crippen molar-refractivity contribution >= 4 is 12.1 Å². The monoisotopic (exact) mass is 361 g/mol. The summed E-state index contributed by atoms with van der Waals surface area (Å²) in [6.07, 6.45) is 1.63. The van der Waals surface area contributed by atoms with E-state index >= 15 is 0 Å². The zero-order valence-corrected chi connectivity index (χ0v) is 15.9. The summed E-state index contributed by atoms with van der Waals surface area (Å²) in [6.45, 7) is 8.29. The summed E-state index contributed by atoms with van der Waals surface area (Å²) >= 11 is 0. The van der Waals surface area contributed by atoms with Crippen LogP contribution in [-0.4, -0.2) is 21.8 Å². The molecule has 0 unspecified atom stereocenters. The molecule has 138 valence electrons. The molecule has 0 aliphatic carbocycles. The van der Waals surface area contributed by atoms with Gasteiger partial charge in [0.1, 0.15) is 5.75 Å². The predicted molar refractivity (Wildman–Crippen MR) is 108 cm³/mol. The highest BCUT2D eigenvalue weighted by Crippen LogP contribution is 2.24. The number of carbonyl (C=O) groups is 1. The summed E-state index contributed by atoms with van der Waals surface area (Å²) in [5.74, 6) is -0.522. The number of carbonyl (C=O) groups excluding carboxylic acids is 1. The quantitative estimate of drug-likeness (QED) is 0.541. The summed E-state index contributed by atoms with van der Waals surface area (Å²) in [4.78, 5) is 12.1. The van der Waals surface area contributed by atoms with Crippen molar-refractivity contribution in [3.8, 4) is 11.4 Å². The fourth-order valence-corrected chi connectivity index (χ4v) is 3.15. The average Bonchev–Trinajstić information content (AvgIpc) is 2.91. The number of nitrogens with zero attached hydrogens (tertiary/aromatic N) is 2. The van der Waals surface area contributed by atoms with E-state index in [4.69, 9.17) is 0 Å². The molecular formula is C22H23N3O2. The first-order chi connectivity index (χ1) is 12.9. The second-order valence-corrected chi connectivity index (χ2v) is 6.60. The van der Waals surface area contributed by atoms with E-state index < -0.39 is 5.91 Å². The lowest BCUT2D eigenvalue weighted by Crippen LogP contribution is -2.17. The van der Waals surface area contributed by atoms with Crippen molar-refractivity contribution in [2.24, 2.45) is 5.10 Å². The number of rotatable bonds is 4. The fourth-order valence-electron chi connectivity index (χ4n) is 3.15. The highest BCUT2D eigenvalue weighted by Gasteiger charge is 2.13. The Morgan fingerprint density at radius 2 is 1.81 bits per heavy atom. The third-order valence-electron chi connectivity index (χ3n) is 4.81. The maximum Gasteiger partial charge on any atom is 0.275 e. The van der Waals surface area contributed by atoms with E-state index in [1.165, 1.54) is 17.2 Å². The number of phenols is 1. The van der Waals surface area contributed by atoms with Gasteiger partial charge in [0.2, 0.25) is 0 Å². The maximum absolute atomic E-state index is 12.1. The lowest BCUT2D eigenvalue weighted by molar-refractivity contribution is 0.0952. The van der Waals surface area contributed by atoms with Gasteiger partial charge in [-0.3, -0.25) is 4.79 Å². The molecule has 0 radical (unpaired) electrons. The zero-order valence-electron chi connectivity index (χ0n) is 15.9. The van der Waals surface area contributed by atoms with Crippen LogP contribution in [0.2, 0.25) is 0 Å². The zero-order chi connectivity index (χ0) is 19.6. The van der Waals surface area contributed by atoms with E-state index in [1.54, 1.807) is 24.4 Å². The van der Waals surface area contributed by atoms with Gasteiger partial charge in [-0.05, 0) is 63.1 Å². The average molecular weight is 361 g/mol. The Hall–Kier alpha value is -3.34. The molecule has 0 aliphatic heterocycles. The number of amides is 1. The Morgan fingerprint density at radius 3 is 2.56 bits per heavy atom. The lowest BCUT2D eigenvalue weighted by Gasteiger charge is -2.14. The van der Waals surface area contributed by atoms with Crippen LogP contribution >= 0.6 is 0 Å². The summed E-state index contributed by atoms with van der Waals surface area (Å²) in [7, 11) is 0. The number of hydrogen-bond donors (Lipinski definition) is 2. The van der Waals surface area contributed by atoms with Crippen molar-refractivity contribution in [3.63, 3.8) is 0 Å². The first-order valence-corrected chi connectivity index (χ1v) is 8.77. The minimum Gasteiger partial charge on any atom is -0.507 e. The standard InChI is InChI=1S/C22H23N3O2/c1-14-8-7-10-20(16(14)3)25-15(2)12-18(17(25)4)13-23-24-22(27)19-9-5-6-11-21(19)26/h5-13,26H,1-4H3,(H,24,27)/b23-13+. The van der Waals surface area contributed by atoms with E-state index in [9.17, 15) is 9.90 Å². The molecule has 0 atom stereocenters. The SMILES string of the molecule is Cc1cccc(-n2c(C)cc(/C=N/NC(=O)c3ccccc3O)c2C)c1C. The third kappa shape index (κ3) is 3.62. The van der Waals surface area contributed by atoms with Gasteiger partial charge in [-0.25, -0.2) is 5.43 Å². The van der Waals surface area contributed by atoms with Crippen LogP contribution in [0.4, 0.5) is 0 Å². The molecule has 1 heterocycles. The molecule has 5 heteroatoms. The van der Waals surface area contributed by atoms with Crippen molar-refractivity contribution < 1.29 is 9.90 Å². The van der Waals surface area contributed by atoms with E-state index in [2.05, 4.69) is 47.1 Å². The highest BCUT2D eigenvalue weighted by molar-refractivity contribution is 5.97. The van der Waals surface area contributed by atoms with Gasteiger partial charge in [-0.1, -0.05) is 24.3 Å². The van der Waals surface area contributed by atoms with Crippen LogP contribution in [0.15, 0.2) is 53.6 Å². The van der Waals surface area contributed by atoms with Crippen molar-refractivity contribution in [2.45, 2.75) is 27.7 Å².